The fraction of sp³-hybridized carbons (Fsp3) is 0.278. The minimum absolute atomic E-state index is 0.0491. The lowest BCUT2D eigenvalue weighted by Crippen LogP contribution is -2.29. The van der Waals surface area contributed by atoms with Crippen LogP contribution in [-0.4, -0.2) is 41.2 Å². The average molecular weight is 299 g/mol. The molecule has 0 saturated carbocycles. The molecule has 1 amide bonds. The molecule has 0 spiro atoms. The van der Waals surface area contributed by atoms with Gasteiger partial charge in [-0.15, -0.1) is 0 Å². The SMILES string of the molecule is C[C@@H](O)c1cccc(-c2ccc(C(=O)N(C)CCO)cc2)c1. The van der Waals surface area contributed by atoms with Gasteiger partial charge in [-0.25, -0.2) is 0 Å². The highest BCUT2D eigenvalue weighted by molar-refractivity contribution is 5.94. The molecule has 0 radical (unpaired) electrons. The zero-order valence-corrected chi connectivity index (χ0v) is 12.9. The average Bonchev–Trinajstić information content (AvgIpc) is 2.54. The highest BCUT2D eigenvalue weighted by Crippen LogP contribution is 2.23. The van der Waals surface area contributed by atoms with Crippen LogP contribution in [0.2, 0.25) is 0 Å². The normalized spacial score (nSPS) is 12.0. The van der Waals surface area contributed by atoms with Crippen LogP contribution < -0.4 is 0 Å². The van der Waals surface area contributed by atoms with Crippen molar-refractivity contribution >= 4 is 5.91 Å². The van der Waals surface area contributed by atoms with E-state index in [9.17, 15) is 9.90 Å². The molecule has 116 valence electrons. The first kappa shape index (κ1) is 16.2. The van der Waals surface area contributed by atoms with Gasteiger partial charge in [-0.1, -0.05) is 30.3 Å². The first-order valence-electron chi connectivity index (χ1n) is 7.27. The molecule has 4 heteroatoms. The largest absolute Gasteiger partial charge is 0.395 e. The summed E-state index contributed by atoms with van der Waals surface area (Å²) in [6, 6.07) is 15.0. The number of hydrogen-bond donors (Lipinski definition) is 2. The highest BCUT2D eigenvalue weighted by Gasteiger charge is 2.11. The van der Waals surface area contributed by atoms with Gasteiger partial charge >= 0.3 is 0 Å². The Morgan fingerprint density at radius 3 is 2.41 bits per heavy atom. The molecule has 2 rings (SSSR count). The third kappa shape index (κ3) is 3.72. The predicted molar refractivity (Wildman–Crippen MR) is 86.6 cm³/mol. The fourth-order valence-corrected chi connectivity index (χ4v) is 2.26. The molecule has 2 aromatic rings. The fourth-order valence-electron chi connectivity index (χ4n) is 2.26. The lowest BCUT2D eigenvalue weighted by Gasteiger charge is -2.15. The van der Waals surface area contributed by atoms with Crippen LogP contribution in [0.5, 0.6) is 0 Å². The van der Waals surface area contributed by atoms with E-state index in [-0.39, 0.29) is 12.5 Å². The maximum absolute atomic E-state index is 12.1. The summed E-state index contributed by atoms with van der Waals surface area (Å²) in [4.78, 5) is 13.6. The van der Waals surface area contributed by atoms with E-state index in [1.165, 1.54) is 4.90 Å². The molecule has 0 bridgehead atoms. The summed E-state index contributed by atoms with van der Waals surface area (Å²) in [5.74, 6) is -0.113. The number of hydrogen-bond acceptors (Lipinski definition) is 3. The second-order valence-corrected chi connectivity index (χ2v) is 5.33. The standard InChI is InChI=1S/C18H21NO3/c1-13(21)16-4-3-5-17(12-16)14-6-8-15(9-7-14)18(22)19(2)10-11-20/h3-9,12-13,20-21H,10-11H2,1-2H3/t13-/m1/s1. The number of aliphatic hydroxyl groups is 2. The van der Waals surface area contributed by atoms with Crippen LogP contribution in [0, 0.1) is 0 Å². The summed E-state index contributed by atoms with van der Waals surface area (Å²) in [6.07, 6.45) is -0.507. The number of likely N-dealkylation sites (N-methyl/N-ethyl adjacent to an activating group) is 1. The molecule has 1 atom stereocenters. The van der Waals surface area contributed by atoms with Crippen LogP contribution in [-0.2, 0) is 0 Å². The van der Waals surface area contributed by atoms with Crippen molar-refractivity contribution in [2.45, 2.75) is 13.0 Å². The van der Waals surface area contributed by atoms with Gasteiger partial charge in [0.1, 0.15) is 0 Å². The zero-order valence-electron chi connectivity index (χ0n) is 12.9. The predicted octanol–water partition coefficient (Wildman–Crippen LogP) is 2.47. The number of nitrogens with zero attached hydrogens (tertiary/aromatic N) is 1. The second kappa shape index (κ2) is 7.20. The van der Waals surface area contributed by atoms with Gasteiger partial charge in [0.2, 0.25) is 0 Å². The number of benzene rings is 2. The summed E-state index contributed by atoms with van der Waals surface area (Å²) < 4.78 is 0. The van der Waals surface area contributed by atoms with Crippen molar-refractivity contribution in [2.24, 2.45) is 0 Å². The second-order valence-electron chi connectivity index (χ2n) is 5.33. The Hall–Kier alpha value is -2.17. The summed E-state index contributed by atoms with van der Waals surface area (Å²) in [5, 5.41) is 18.5. The molecule has 0 aliphatic heterocycles. The quantitative estimate of drug-likeness (QED) is 0.891. The lowest BCUT2D eigenvalue weighted by atomic mass is 10.00. The van der Waals surface area contributed by atoms with Crippen LogP contribution in [0.25, 0.3) is 11.1 Å². The van der Waals surface area contributed by atoms with Crippen molar-refractivity contribution < 1.29 is 15.0 Å². The molecule has 2 aromatic carbocycles. The highest BCUT2D eigenvalue weighted by atomic mass is 16.3. The Balaban J connectivity index is 2.22. The van der Waals surface area contributed by atoms with Crippen molar-refractivity contribution in [1.29, 1.82) is 0 Å². The van der Waals surface area contributed by atoms with Crippen molar-refractivity contribution in [3.05, 3.63) is 59.7 Å². The van der Waals surface area contributed by atoms with E-state index in [4.69, 9.17) is 5.11 Å². The van der Waals surface area contributed by atoms with Crippen molar-refractivity contribution in [3.63, 3.8) is 0 Å². The summed E-state index contributed by atoms with van der Waals surface area (Å²) >= 11 is 0. The van der Waals surface area contributed by atoms with Crippen LogP contribution >= 0.6 is 0 Å². The van der Waals surface area contributed by atoms with Crippen molar-refractivity contribution in [1.82, 2.24) is 4.90 Å². The van der Waals surface area contributed by atoms with Gasteiger partial charge in [-0.2, -0.15) is 0 Å². The van der Waals surface area contributed by atoms with Crippen molar-refractivity contribution in [2.75, 3.05) is 20.2 Å². The monoisotopic (exact) mass is 299 g/mol. The number of amides is 1. The van der Waals surface area contributed by atoms with Gasteiger partial charge in [0.25, 0.3) is 5.91 Å². The minimum Gasteiger partial charge on any atom is -0.395 e. The lowest BCUT2D eigenvalue weighted by molar-refractivity contribution is 0.0767. The maximum Gasteiger partial charge on any atom is 0.253 e. The molecule has 0 aliphatic rings. The van der Waals surface area contributed by atoms with Gasteiger partial charge in [-0.05, 0) is 41.8 Å². The minimum atomic E-state index is -0.507. The summed E-state index contributed by atoms with van der Waals surface area (Å²) in [5.41, 5.74) is 3.44. The van der Waals surface area contributed by atoms with E-state index in [0.29, 0.717) is 12.1 Å². The van der Waals surface area contributed by atoms with Crippen molar-refractivity contribution in [3.8, 4) is 11.1 Å². The number of carbonyl (C=O) groups excluding carboxylic acids is 1. The topological polar surface area (TPSA) is 60.8 Å². The molecule has 0 aliphatic carbocycles. The third-order valence-electron chi connectivity index (χ3n) is 3.62. The van der Waals surface area contributed by atoms with Gasteiger partial charge in [-0.3, -0.25) is 4.79 Å². The van der Waals surface area contributed by atoms with Gasteiger partial charge in [0, 0.05) is 19.2 Å². The molecule has 0 saturated heterocycles. The van der Waals surface area contributed by atoms with E-state index >= 15 is 0 Å². The number of carbonyl (C=O) groups is 1. The molecule has 0 aromatic heterocycles. The van der Waals surface area contributed by atoms with E-state index < -0.39 is 6.10 Å². The molecule has 4 nitrogen and oxygen atoms in total. The Labute approximate surface area is 130 Å². The van der Waals surface area contributed by atoms with E-state index in [1.54, 1.807) is 26.1 Å². The zero-order chi connectivity index (χ0) is 16.1. The Morgan fingerprint density at radius 2 is 1.82 bits per heavy atom. The van der Waals surface area contributed by atoms with Crippen LogP contribution in [0.3, 0.4) is 0 Å². The number of aliphatic hydroxyl groups excluding tert-OH is 2. The van der Waals surface area contributed by atoms with Gasteiger partial charge < -0.3 is 15.1 Å². The van der Waals surface area contributed by atoms with E-state index in [2.05, 4.69) is 0 Å². The van der Waals surface area contributed by atoms with E-state index in [1.807, 2.05) is 36.4 Å². The molecule has 0 unspecified atom stereocenters. The smallest absolute Gasteiger partial charge is 0.253 e. The first-order chi connectivity index (χ1) is 10.5. The molecule has 0 heterocycles. The van der Waals surface area contributed by atoms with Crippen LogP contribution in [0.15, 0.2) is 48.5 Å². The molecular weight excluding hydrogens is 278 g/mol. The molecule has 22 heavy (non-hydrogen) atoms. The van der Waals surface area contributed by atoms with Gasteiger partial charge in [0.15, 0.2) is 0 Å². The first-order valence-corrected chi connectivity index (χ1v) is 7.27. The van der Waals surface area contributed by atoms with E-state index in [0.717, 1.165) is 16.7 Å². The molecule has 0 fully saturated rings. The Morgan fingerprint density at radius 1 is 1.14 bits per heavy atom. The summed E-state index contributed by atoms with van der Waals surface area (Å²) in [7, 11) is 1.67. The third-order valence-corrected chi connectivity index (χ3v) is 3.62. The van der Waals surface area contributed by atoms with Gasteiger partial charge in [0.05, 0.1) is 12.7 Å². The van der Waals surface area contributed by atoms with Crippen LogP contribution in [0.1, 0.15) is 28.9 Å². The summed E-state index contributed by atoms with van der Waals surface area (Å²) in [6.45, 7) is 2.00. The number of rotatable bonds is 5. The Bertz CT molecular complexity index is 635. The Kier molecular flexibility index (Phi) is 5.31. The molecular formula is C18H21NO3. The maximum atomic E-state index is 12.1. The van der Waals surface area contributed by atoms with Crippen LogP contribution in [0.4, 0.5) is 0 Å². The molecule has 2 N–H and O–H groups in total.